The minimum Gasteiger partial charge on any atom is -0.389 e. The minimum atomic E-state index is 0.433. The summed E-state index contributed by atoms with van der Waals surface area (Å²) in [5, 5.41) is 3.38. The van der Waals surface area contributed by atoms with Crippen molar-refractivity contribution < 1.29 is 0 Å². The van der Waals surface area contributed by atoms with Crippen LogP contribution in [0.2, 0.25) is 0 Å². The van der Waals surface area contributed by atoms with Gasteiger partial charge in [-0.25, -0.2) is 0 Å². The number of aryl methyl sites for hydroxylation is 2. The second-order valence-electron chi connectivity index (χ2n) is 4.54. The highest BCUT2D eigenvalue weighted by Crippen LogP contribution is 2.24. The Kier molecular flexibility index (Phi) is 4.22. The van der Waals surface area contributed by atoms with E-state index in [-0.39, 0.29) is 0 Å². The van der Waals surface area contributed by atoms with E-state index in [9.17, 15) is 0 Å². The summed E-state index contributed by atoms with van der Waals surface area (Å²) < 4.78 is 1.06. The maximum atomic E-state index is 5.66. The zero-order valence-corrected chi connectivity index (χ0v) is 13.2. The lowest BCUT2D eigenvalue weighted by molar-refractivity contribution is 1.40. The second kappa shape index (κ2) is 5.72. The summed E-state index contributed by atoms with van der Waals surface area (Å²) >= 11 is 8.51. The summed E-state index contributed by atoms with van der Waals surface area (Å²) in [6.07, 6.45) is 0. The minimum absolute atomic E-state index is 0.433. The van der Waals surface area contributed by atoms with Crippen molar-refractivity contribution in [3.05, 3.63) is 57.6 Å². The van der Waals surface area contributed by atoms with Crippen molar-refractivity contribution in [2.75, 3.05) is 5.32 Å². The van der Waals surface area contributed by atoms with Crippen LogP contribution in [-0.2, 0) is 0 Å². The van der Waals surface area contributed by atoms with Crippen LogP contribution in [0.3, 0.4) is 0 Å². The quantitative estimate of drug-likeness (QED) is 0.814. The molecule has 0 aliphatic carbocycles. The van der Waals surface area contributed by atoms with Gasteiger partial charge in [-0.05, 0) is 61.4 Å². The van der Waals surface area contributed by atoms with Gasteiger partial charge in [-0.3, -0.25) is 0 Å². The lowest BCUT2D eigenvalue weighted by Gasteiger charge is -2.11. The Morgan fingerprint density at radius 1 is 1.11 bits per heavy atom. The molecule has 3 N–H and O–H groups in total. The summed E-state index contributed by atoms with van der Waals surface area (Å²) in [7, 11) is 0. The SMILES string of the molecule is Cc1cc(Br)cc(Nc2ccc(C(N)=S)c(C)c2)c1. The molecular formula is C15H15BrN2S. The smallest absolute Gasteiger partial charge is 0.104 e. The van der Waals surface area contributed by atoms with E-state index in [1.165, 1.54) is 5.56 Å². The molecule has 2 nitrogen and oxygen atoms in total. The van der Waals surface area contributed by atoms with E-state index < -0.39 is 0 Å². The number of thiocarbonyl (C=S) groups is 1. The summed E-state index contributed by atoms with van der Waals surface area (Å²) in [5.41, 5.74) is 10.9. The molecule has 0 unspecified atom stereocenters. The molecule has 0 saturated heterocycles. The molecule has 0 radical (unpaired) electrons. The van der Waals surface area contributed by atoms with Gasteiger partial charge in [0.05, 0.1) is 0 Å². The molecule has 19 heavy (non-hydrogen) atoms. The highest BCUT2D eigenvalue weighted by molar-refractivity contribution is 9.10. The average Bonchev–Trinajstić information content (AvgIpc) is 2.26. The maximum absolute atomic E-state index is 5.66. The molecule has 98 valence electrons. The van der Waals surface area contributed by atoms with Crippen LogP contribution in [0, 0.1) is 13.8 Å². The summed E-state index contributed by atoms with van der Waals surface area (Å²) in [6, 6.07) is 12.2. The molecule has 0 aromatic heterocycles. The Labute approximate surface area is 127 Å². The van der Waals surface area contributed by atoms with Crippen molar-refractivity contribution in [2.24, 2.45) is 5.73 Å². The van der Waals surface area contributed by atoms with E-state index in [1.807, 2.05) is 31.2 Å². The number of anilines is 2. The van der Waals surface area contributed by atoms with Crippen LogP contribution in [0.25, 0.3) is 0 Å². The Hall–Kier alpha value is -1.39. The third-order valence-electron chi connectivity index (χ3n) is 2.82. The van der Waals surface area contributed by atoms with Crippen LogP contribution in [0.1, 0.15) is 16.7 Å². The maximum Gasteiger partial charge on any atom is 0.104 e. The predicted octanol–water partition coefficient (Wildman–Crippen LogP) is 4.44. The van der Waals surface area contributed by atoms with E-state index in [2.05, 4.69) is 40.3 Å². The zero-order chi connectivity index (χ0) is 14.0. The van der Waals surface area contributed by atoms with Crippen molar-refractivity contribution >= 4 is 44.5 Å². The fraction of sp³-hybridized carbons (Fsp3) is 0.133. The van der Waals surface area contributed by atoms with Gasteiger partial charge in [0, 0.05) is 21.4 Å². The van der Waals surface area contributed by atoms with Crippen LogP contribution in [0.15, 0.2) is 40.9 Å². The van der Waals surface area contributed by atoms with Gasteiger partial charge in [0.2, 0.25) is 0 Å². The summed E-state index contributed by atoms with van der Waals surface area (Å²) in [4.78, 5) is 0.433. The van der Waals surface area contributed by atoms with E-state index >= 15 is 0 Å². The first-order valence-corrected chi connectivity index (χ1v) is 7.10. The molecule has 0 heterocycles. The van der Waals surface area contributed by atoms with Crippen molar-refractivity contribution in [3.63, 3.8) is 0 Å². The lowest BCUT2D eigenvalue weighted by atomic mass is 10.1. The van der Waals surface area contributed by atoms with E-state index in [1.54, 1.807) is 0 Å². The van der Waals surface area contributed by atoms with Crippen LogP contribution >= 0.6 is 28.1 Å². The molecule has 0 fully saturated rings. The van der Waals surface area contributed by atoms with Crippen LogP contribution < -0.4 is 11.1 Å². The molecule has 0 saturated carbocycles. The number of nitrogens with two attached hydrogens (primary N) is 1. The number of benzene rings is 2. The molecule has 0 aliphatic heterocycles. The second-order valence-corrected chi connectivity index (χ2v) is 5.89. The first-order valence-electron chi connectivity index (χ1n) is 5.90. The van der Waals surface area contributed by atoms with Crippen molar-refractivity contribution in [3.8, 4) is 0 Å². The Bertz CT molecular complexity index is 618. The summed E-state index contributed by atoms with van der Waals surface area (Å²) in [5.74, 6) is 0. The molecular weight excluding hydrogens is 320 g/mol. The lowest BCUT2D eigenvalue weighted by Crippen LogP contribution is -2.11. The number of rotatable bonds is 3. The number of nitrogens with one attached hydrogen (secondary N) is 1. The molecule has 2 rings (SSSR count). The number of hydrogen-bond acceptors (Lipinski definition) is 2. The molecule has 2 aromatic carbocycles. The Balaban J connectivity index is 2.28. The monoisotopic (exact) mass is 334 g/mol. The molecule has 4 heteroatoms. The topological polar surface area (TPSA) is 38.0 Å². The fourth-order valence-electron chi connectivity index (χ4n) is 1.99. The van der Waals surface area contributed by atoms with Gasteiger partial charge in [-0.1, -0.05) is 28.1 Å². The van der Waals surface area contributed by atoms with Gasteiger partial charge in [0.25, 0.3) is 0 Å². The first-order chi connectivity index (χ1) is 8.95. The highest BCUT2D eigenvalue weighted by atomic mass is 79.9. The third kappa shape index (κ3) is 3.55. The Morgan fingerprint density at radius 3 is 2.42 bits per heavy atom. The first kappa shape index (κ1) is 14.0. The van der Waals surface area contributed by atoms with Gasteiger partial charge in [-0.15, -0.1) is 0 Å². The molecule has 0 atom stereocenters. The average molecular weight is 335 g/mol. The molecule has 0 bridgehead atoms. The molecule has 2 aromatic rings. The highest BCUT2D eigenvalue weighted by Gasteiger charge is 2.03. The molecule has 0 amide bonds. The van der Waals surface area contributed by atoms with Crippen molar-refractivity contribution in [2.45, 2.75) is 13.8 Å². The van der Waals surface area contributed by atoms with Crippen LogP contribution in [0.5, 0.6) is 0 Å². The van der Waals surface area contributed by atoms with Gasteiger partial charge >= 0.3 is 0 Å². The zero-order valence-electron chi connectivity index (χ0n) is 10.8. The standard InChI is InChI=1S/C15H15BrN2S/c1-9-5-11(16)8-13(6-9)18-12-3-4-14(15(17)19)10(2)7-12/h3-8,18H,1-2H3,(H2,17,19). The largest absolute Gasteiger partial charge is 0.389 e. The van der Waals surface area contributed by atoms with Crippen molar-refractivity contribution in [1.29, 1.82) is 0 Å². The van der Waals surface area contributed by atoms with Gasteiger partial charge < -0.3 is 11.1 Å². The number of hydrogen-bond donors (Lipinski definition) is 2. The number of halogens is 1. The predicted molar refractivity (Wildman–Crippen MR) is 89.2 cm³/mol. The Morgan fingerprint density at radius 2 is 1.84 bits per heavy atom. The molecule has 0 spiro atoms. The van der Waals surface area contributed by atoms with Crippen LogP contribution in [-0.4, -0.2) is 4.99 Å². The van der Waals surface area contributed by atoms with E-state index in [0.717, 1.165) is 27.0 Å². The van der Waals surface area contributed by atoms with E-state index in [4.69, 9.17) is 18.0 Å². The van der Waals surface area contributed by atoms with Crippen LogP contribution in [0.4, 0.5) is 11.4 Å². The summed E-state index contributed by atoms with van der Waals surface area (Å²) in [6.45, 7) is 4.07. The van der Waals surface area contributed by atoms with E-state index in [0.29, 0.717) is 4.99 Å². The third-order valence-corrected chi connectivity index (χ3v) is 3.50. The van der Waals surface area contributed by atoms with Gasteiger partial charge in [-0.2, -0.15) is 0 Å². The normalized spacial score (nSPS) is 10.3. The van der Waals surface area contributed by atoms with Gasteiger partial charge in [0.15, 0.2) is 0 Å². The molecule has 0 aliphatic rings. The van der Waals surface area contributed by atoms with Gasteiger partial charge in [0.1, 0.15) is 4.99 Å². The van der Waals surface area contributed by atoms with Crippen molar-refractivity contribution in [1.82, 2.24) is 0 Å². The fourth-order valence-corrected chi connectivity index (χ4v) is 2.83.